The lowest BCUT2D eigenvalue weighted by atomic mass is 10.1. The second-order valence-corrected chi connectivity index (χ2v) is 7.52. The molecule has 6 nitrogen and oxygen atoms in total. The minimum absolute atomic E-state index is 0.214. The molecule has 9 heteroatoms. The van der Waals surface area contributed by atoms with Crippen LogP contribution in [0.3, 0.4) is 0 Å². The number of benzene rings is 1. The number of hydrogen-bond donors (Lipinski definition) is 2. The maximum atomic E-state index is 12.5. The molecule has 1 aliphatic carbocycles. The summed E-state index contributed by atoms with van der Waals surface area (Å²) in [5.41, 5.74) is 2.36. The number of rotatable bonds is 7. The van der Waals surface area contributed by atoms with Gasteiger partial charge >= 0.3 is 6.18 Å². The monoisotopic (exact) mass is 423 g/mol. The zero-order chi connectivity index (χ0) is 21.6. The van der Waals surface area contributed by atoms with Crippen LogP contribution in [0.2, 0.25) is 0 Å². The first-order valence-electron chi connectivity index (χ1n) is 10.1. The zero-order valence-electron chi connectivity index (χ0n) is 17.3. The molecule has 2 N–H and O–H groups in total. The molecule has 30 heavy (non-hydrogen) atoms. The van der Waals surface area contributed by atoms with Crippen molar-refractivity contribution in [1.29, 1.82) is 0 Å². The van der Waals surface area contributed by atoms with E-state index in [9.17, 15) is 13.2 Å². The number of alkyl halides is 3. The minimum atomic E-state index is -4.38. The first-order valence-corrected chi connectivity index (χ1v) is 10.1. The summed E-state index contributed by atoms with van der Waals surface area (Å²) >= 11 is 0. The van der Waals surface area contributed by atoms with Crippen LogP contribution in [0.15, 0.2) is 35.5 Å². The molecular weight excluding hydrogens is 395 g/mol. The Morgan fingerprint density at radius 2 is 1.93 bits per heavy atom. The Balaban J connectivity index is 1.54. The molecule has 1 fully saturated rings. The molecule has 0 radical (unpaired) electrons. The van der Waals surface area contributed by atoms with Gasteiger partial charge in [0, 0.05) is 25.4 Å². The van der Waals surface area contributed by atoms with Crippen molar-refractivity contribution in [3.63, 3.8) is 0 Å². The van der Waals surface area contributed by atoms with Crippen LogP contribution in [-0.2, 0) is 13.1 Å². The molecule has 3 rings (SSSR count). The predicted octanol–water partition coefficient (Wildman–Crippen LogP) is 4.11. The van der Waals surface area contributed by atoms with Crippen LogP contribution in [0.25, 0.3) is 0 Å². The number of hydrogen-bond acceptors (Lipinski definition) is 3. The van der Waals surface area contributed by atoms with Crippen molar-refractivity contribution in [2.45, 2.75) is 57.9 Å². The number of ether oxygens (including phenoxy) is 1. The van der Waals surface area contributed by atoms with Gasteiger partial charge in [-0.1, -0.05) is 25.0 Å². The van der Waals surface area contributed by atoms with Gasteiger partial charge in [-0.15, -0.1) is 0 Å². The Morgan fingerprint density at radius 3 is 2.63 bits per heavy atom. The van der Waals surface area contributed by atoms with Gasteiger partial charge in [0.2, 0.25) is 0 Å². The number of nitrogens with one attached hydrogen (secondary N) is 2. The summed E-state index contributed by atoms with van der Waals surface area (Å²) in [7, 11) is 1.64. The lowest BCUT2D eigenvalue weighted by Gasteiger charge is -2.16. The van der Waals surface area contributed by atoms with Crippen molar-refractivity contribution in [3.05, 3.63) is 47.3 Å². The number of guanidine groups is 1. The summed E-state index contributed by atoms with van der Waals surface area (Å²) in [5.74, 6) is 0.748. The number of aliphatic imine (C=N–C) groups is 1. The summed E-state index contributed by atoms with van der Waals surface area (Å²) in [6.45, 7) is 1.28. The number of nitrogens with zero attached hydrogens (tertiary/aromatic N) is 3. The highest BCUT2D eigenvalue weighted by molar-refractivity contribution is 5.79. The summed E-state index contributed by atoms with van der Waals surface area (Å²) in [6, 6.07) is 7.68. The predicted molar refractivity (Wildman–Crippen MR) is 109 cm³/mol. The first kappa shape index (κ1) is 22.0. The molecule has 0 bridgehead atoms. The highest BCUT2D eigenvalue weighted by Gasteiger charge is 2.28. The third-order valence-electron chi connectivity index (χ3n) is 5.08. The van der Waals surface area contributed by atoms with Gasteiger partial charge < -0.3 is 15.4 Å². The second kappa shape index (κ2) is 9.86. The van der Waals surface area contributed by atoms with Crippen molar-refractivity contribution in [2.24, 2.45) is 4.99 Å². The molecule has 1 aromatic carbocycles. The third kappa shape index (κ3) is 6.40. The van der Waals surface area contributed by atoms with Gasteiger partial charge in [0.25, 0.3) is 0 Å². The molecule has 0 amide bonds. The maximum absolute atomic E-state index is 12.5. The quantitative estimate of drug-likeness (QED) is 0.520. The Morgan fingerprint density at radius 1 is 1.20 bits per heavy atom. The standard InChI is InChI=1S/C21H28F3N5O/c1-15-7-8-16(19(11-15)30-14-21(22,23)24)12-26-20(25-2)27-13-17-9-10-29(28-17)18-5-3-4-6-18/h7-11,18H,3-6,12-14H2,1-2H3,(H2,25,26,27). The van der Waals surface area contributed by atoms with Gasteiger partial charge in [0.05, 0.1) is 18.3 Å². The van der Waals surface area contributed by atoms with E-state index >= 15 is 0 Å². The largest absolute Gasteiger partial charge is 0.484 e. The summed E-state index contributed by atoms with van der Waals surface area (Å²) < 4.78 is 44.6. The van der Waals surface area contributed by atoms with Crippen LogP contribution < -0.4 is 15.4 Å². The smallest absolute Gasteiger partial charge is 0.422 e. The third-order valence-corrected chi connectivity index (χ3v) is 5.08. The molecule has 164 valence electrons. The van der Waals surface area contributed by atoms with Crippen LogP contribution in [0.5, 0.6) is 5.75 Å². The van der Waals surface area contributed by atoms with E-state index in [1.54, 1.807) is 19.2 Å². The molecule has 0 atom stereocenters. The molecule has 1 aromatic heterocycles. The average Bonchev–Trinajstić information content (AvgIpc) is 3.38. The Hall–Kier alpha value is -2.71. The van der Waals surface area contributed by atoms with Crippen molar-refractivity contribution in [1.82, 2.24) is 20.4 Å². The summed E-state index contributed by atoms with van der Waals surface area (Å²) in [4.78, 5) is 4.17. The number of halogens is 3. The molecular formula is C21H28F3N5O. The Bertz CT molecular complexity index is 857. The van der Waals surface area contributed by atoms with E-state index in [2.05, 4.69) is 20.7 Å². The lowest BCUT2D eigenvalue weighted by Crippen LogP contribution is -2.36. The summed E-state index contributed by atoms with van der Waals surface area (Å²) in [6.07, 6.45) is 2.48. The lowest BCUT2D eigenvalue weighted by molar-refractivity contribution is -0.153. The van der Waals surface area contributed by atoms with Gasteiger partial charge in [-0.25, -0.2) is 0 Å². The van der Waals surface area contributed by atoms with Crippen molar-refractivity contribution >= 4 is 5.96 Å². The molecule has 0 spiro atoms. The van der Waals surface area contributed by atoms with Gasteiger partial charge in [-0.2, -0.15) is 18.3 Å². The van der Waals surface area contributed by atoms with Crippen LogP contribution in [0.1, 0.15) is 48.5 Å². The highest BCUT2D eigenvalue weighted by atomic mass is 19.4. The number of aromatic nitrogens is 2. The topological polar surface area (TPSA) is 63.5 Å². The van der Waals surface area contributed by atoms with Gasteiger partial charge in [0.1, 0.15) is 5.75 Å². The molecule has 2 aromatic rings. The maximum Gasteiger partial charge on any atom is 0.422 e. The van der Waals surface area contributed by atoms with Gasteiger partial charge in [-0.05, 0) is 37.5 Å². The van der Waals surface area contributed by atoms with Crippen LogP contribution in [0, 0.1) is 6.92 Å². The highest BCUT2D eigenvalue weighted by Crippen LogP contribution is 2.28. The van der Waals surface area contributed by atoms with Crippen LogP contribution >= 0.6 is 0 Å². The van der Waals surface area contributed by atoms with E-state index in [0.29, 0.717) is 24.1 Å². The van der Waals surface area contributed by atoms with E-state index in [1.807, 2.05) is 29.9 Å². The molecule has 0 aliphatic heterocycles. The van der Waals surface area contributed by atoms with E-state index in [4.69, 9.17) is 4.74 Å². The fourth-order valence-corrected chi connectivity index (χ4v) is 3.52. The Kier molecular flexibility index (Phi) is 7.23. The van der Waals surface area contributed by atoms with Gasteiger partial charge in [-0.3, -0.25) is 9.67 Å². The first-order chi connectivity index (χ1) is 14.3. The normalized spacial score (nSPS) is 15.4. The van der Waals surface area contributed by atoms with E-state index in [0.717, 1.165) is 11.3 Å². The summed E-state index contributed by atoms with van der Waals surface area (Å²) in [5, 5.41) is 10.9. The minimum Gasteiger partial charge on any atom is -0.484 e. The van der Waals surface area contributed by atoms with E-state index in [1.165, 1.54) is 25.7 Å². The molecule has 0 unspecified atom stereocenters. The molecule has 1 heterocycles. The molecule has 1 aliphatic rings. The van der Waals surface area contributed by atoms with E-state index < -0.39 is 12.8 Å². The van der Waals surface area contributed by atoms with Crippen LogP contribution in [-0.4, -0.2) is 35.6 Å². The SMILES string of the molecule is CN=C(NCc1ccn(C2CCCC2)n1)NCc1ccc(C)cc1OCC(F)(F)F. The fourth-order valence-electron chi connectivity index (χ4n) is 3.52. The van der Waals surface area contributed by atoms with Crippen molar-refractivity contribution in [3.8, 4) is 5.75 Å². The average molecular weight is 423 g/mol. The zero-order valence-corrected chi connectivity index (χ0v) is 17.3. The molecule has 0 saturated heterocycles. The van der Waals surface area contributed by atoms with Crippen LogP contribution in [0.4, 0.5) is 13.2 Å². The Labute approximate surface area is 174 Å². The number of aryl methyl sites for hydroxylation is 1. The van der Waals surface area contributed by atoms with E-state index in [-0.39, 0.29) is 12.3 Å². The molecule has 1 saturated carbocycles. The van der Waals surface area contributed by atoms with Gasteiger partial charge in [0.15, 0.2) is 12.6 Å². The van der Waals surface area contributed by atoms with Crippen molar-refractivity contribution < 1.29 is 17.9 Å². The van der Waals surface area contributed by atoms with Crippen molar-refractivity contribution in [2.75, 3.05) is 13.7 Å². The fraction of sp³-hybridized carbons (Fsp3) is 0.524. The second-order valence-electron chi connectivity index (χ2n) is 7.52.